The Balaban J connectivity index is 1.81. The third kappa shape index (κ3) is 6.17. The molecule has 9 nitrogen and oxygen atoms in total. The largest absolute Gasteiger partial charge is 0.343 e. The van der Waals surface area contributed by atoms with E-state index in [4.69, 9.17) is 0 Å². The SMILES string of the molecule is CC(C)C[C@@H](C(=O)NN1CC(=O)NC1=O)[C@H](Cc1ccc(-c2ccccc2)cc1)C(=O)NO. The second-order valence-corrected chi connectivity index (χ2v) is 8.50. The van der Waals surface area contributed by atoms with Crippen molar-refractivity contribution in [2.24, 2.45) is 17.8 Å². The van der Waals surface area contributed by atoms with Crippen LogP contribution in [0.15, 0.2) is 54.6 Å². The monoisotopic (exact) mass is 452 g/mol. The van der Waals surface area contributed by atoms with E-state index in [1.165, 1.54) is 0 Å². The van der Waals surface area contributed by atoms with Crippen LogP contribution in [-0.4, -0.2) is 40.5 Å². The van der Waals surface area contributed by atoms with Gasteiger partial charge in [0, 0.05) is 0 Å². The fraction of sp³-hybridized carbons (Fsp3) is 0.333. The Hall–Kier alpha value is -3.72. The molecule has 1 saturated heterocycles. The van der Waals surface area contributed by atoms with E-state index in [2.05, 4.69) is 10.7 Å². The summed E-state index contributed by atoms with van der Waals surface area (Å²) in [6.07, 6.45) is 0.548. The smallest absolute Gasteiger partial charge is 0.289 e. The first kappa shape index (κ1) is 23.9. The van der Waals surface area contributed by atoms with Gasteiger partial charge < -0.3 is 0 Å². The molecule has 1 heterocycles. The fourth-order valence-electron chi connectivity index (χ4n) is 3.93. The maximum atomic E-state index is 13.1. The van der Waals surface area contributed by atoms with Crippen molar-refractivity contribution in [3.8, 4) is 11.1 Å². The van der Waals surface area contributed by atoms with E-state index in [1.54, 1.807) is 5.48 Å². The number of carbonyl (C=O) groups is 4. The molecule has 0 unspecified atom stereocenters. The summed E-state index contributed by atoms with van der Waals surface area (Å²) in [6.45, 7) is 3.53. The number of hydrogen-bond donors (Lipinski definition) is 4. The number of hydrogen-bond acceptors (Lipinski definition) is 5. The Morgan fingerprint density at radius 3 is 2.15 bits per heavy atom. The fourth-order valence-corrected chi connectivity index (χ4v) is 3.93. The minimum absolute atomic E-state index is 0.0595. The van der Waals surface area contributed by atoms with Crippen LogP contribution in [0.5, 0.6) is 0 Å². The summed E-state index contributed by atoms with van der Waals surface area (Å²) in [4.78, 5) is 48.9. The number of imide groups is 1. The number of hydroxylamine groups is 1. The number of hydrazine groups is 1. The van der Waals surface area contributed by atoms with E-state index in [-0.39, 0.29) is 18.9 Å². The van der Waals surface area contributed by atoms with Gasteiger partial charge in [0.15, 0.2) is 0 Å². The van der Waals surface area contributed by atoms with E-state index in [0.29, 0.717) is 6.42 Å². The maximum absolute atomic E-state index is 13.1. The number of amides is 5. The zero-order valence-electron chi connectivity index (χ0n) is 18.6. The standard InChI is InChI=1S/C24H28N4O5/c1-15(2)12-19(22(30)26-28-14-21(29)25-24(28)32)20(23(31)27-33)13-16-8-10-18(11-9-16)17-6-4-3-5-7-17/h3-11,15,19-20,33H,12-14H2,1-2H3,(H,26,30)(H,27,31)(H,25,29,32)/t19-,20+/m1/s1. The normalized spacial score (nSPS) is 15.2. The summed E-state index contributed by atoms with van der Waals surface area (Å²) in [5.74, 6) is -3.45. The zero-order valence-corrected chi connectivity index (χ0v) is 18.6. The second kappa shape index (κ2) is 10.7. The highest BCUT2D eigenvalue weighted by molar-refractivity contribution is 6.02. The molecule has 4 N–H and O–H groups in total. The predicted octanol–water partition coefficient (Wildman–Crippen LogP) is 2.26. The molecular weight excluding hydrogens is 424 g/mol. The van der Waals surface area contributed by atoms with Crippen LogP contribution in [0.4, 0.5) is 4.79 Å². The Morgan fingerprint density at radius 2 is 1.61 bits per heavy atom. The molecule has 2 atom stereocenters. The summed E-state index contributed by atoms with van der Waals surface area (Å²) in [5, 5.41) is 12.3. The summed E-state index contributed by atoms with van der Waals surface area (Å²) in [5.41, 5.74) is 7.01. The van der Waals surface area contributed by atoms with Gasteiger partial charge in [-0.2, -0.15) is 0 Å². The molecule has 2 aromatic carbocycles. The first-order chi connectivity index (χ1) is 15.8. The lowest BCUT2D eigenvalue weighted by Gasteiger charge is -2.28. The lowest BCUT2D eigenvalue weighted by Crippen LogP contribution is -2.50. The molecule has 5 amide bonds. The molecule has 1 aliphatic heterocycles. The average molecular weight is 453 g/mol. The first-order valence-electron chi connectivity index (χ1n) is 10.8. The van der Waals surface area contributed by atoms with Crippen LogP contribution < -0.4 is 16.2 Å². The third-order valence-electron chi connectivity index (χ3n) is 5.55. The van der Waals surface area contributed by atoms with Gasteiger partial charge in [0.1, 0.15) is 6.54 Å². The predicted molar refractivity (Wildman–Crippen MR) is 120 cm³/mol. The van der Waals surface area contributed by atoms with Crippen molar-refractivity contribution in [1.29, 1.82) is 0 Å². The first-order valence-corrected chi connectivity index (χ1v) is 10.8. The lowest BCUT2D eigenvalue weighted by molar-refractivity contribution is -0.142. The van der Waals surface area contributed by atoms with Gasteiger partial charge in [0.05, 0.1) is 11.8 Å². The summed E-state index contributed by atoms with van der Waals surface area (Å²) in [7, 11) is 0. The van der Waals surface area contributed by atoms with Gasteiger partial charge >= 0.3 is 6.03 Å². The maximum Gasteiger partial charge on any atom is 0.343 e. The molecular formula is C24H28N4O5. The summed E-state index contributed by atoms with van der Waals surface area (Å²) in [6, 6.07) is 16.8. The molecule has 1 fully saturated rings. The molecule has 174 valence electrons. The number of urea groups is 1. The van der Waals surface area contributed by atoms with E-state index >= 15 is 0 Å². The van der Waals surface area contributed by atoms with Crippen LogP contribution in [0, 0.1) is 17.8 Å². The highest BCUT2D eigenvalue weighted by Crippen LogP contribution is 2.27. The van der Waals surface area contributed by atoms with Crippen molar-refractivity contribution < 1.29 is 24.4 Å². The van der Waals surface area contributed by atoms with Gasteiger partial charge in [-0.3, -0.25) is 30.3 Å². The molecule has 0 aromatic heterocycles. The third-order valence-corrected chi connectivity index (χ3v) is 5.55. The van der Waals surface area contributed by atoms with Crippen LogP contribution in [-0.2, 0) is 20.8 Å². The molecule has 0 bridgehead atoms. The second-order valence-electron chi connectivity index (χ2n) is 8.50. The van der Waals surface area contributed by atoms with E-state index in [1.807, 2.05) is 68.4 Å². The van der Waals surface area contributed by atoms with Crippen molar-refractivity contribution in [2.75, 3.05) is 6.54 Å². The van der Waals surface area contributed by atoms with Gasteiger partial charge in [-0.15, -0.1) is 0 Å². The van der Waals surface area contributed by atoms with Crippen molar-refractivity contribution in [3.63, 3.8) is 0 Å². The van der Waals surface area contributed by atoms with Crippen molar-refractivity contribution in [2.45, 2.75) is 26.7 Å². The van der Waals surface area contributed by atoms with Gasteiger partial charge in [-0.1, -0.05) is 68.4 Å². The minimum atomic E-state index is -0.888. The van der Waals surface area contributed by atoms with E-state index in [0.717, 1.165) is 21.7 Å². The van der Waals surface area contributed by atoms with E-state index < -0.39 is 35.6 Å². The van der Waals surface area contributed by atoms with Crippen LogP contribution >= 0.6 is 0 Å². The number of benzene rings is 2. The van der Waals surface area contributed by atoms with Crippen LogP contribution in [0.3, 0.4) is 0 Å². The highest BCUT2D eigenvalue weighted by atomic mass is 16.5. The molecule has 9 heteroatoms. The number of carbonyl (C=O) groups excluding carboxylic acids is 4. The lowest BCUT2D eigenvalue weighted by atomic mass is 9.80. The zero-order chi connectivity index (χ0) is 24.0. The Kier molecular flexibility index (Phi) is 7.78. The quantitative estimate of drug-likeness (QED) is 0.264. The molecule has 0 aliphatic carbocycles. The summed E-state index contributed by atoms with van der Waals surface area (Å²) < 4.78 is 0. The molecule has 0 radical (unpaired) electrons. The number of nitrogens with one attached hydrogen (secondary N) is 3. The minimum Gasteiger partial charge on any atom is -0.289 e. The van der Waals surface area contributed by atoms with Gasteiger partial charge in [0.2, 0.25) is 17.7 Å². The van der Waals surface area contributed by atoms with Gasteiger partial charge in [0.25, 0.3) is 0 Å². The molecule has 2 aromatic rings. The van der Waals surface area contributed by atoms with Gasteiger partial charge in [-0.25, -0.2) is 15.3 Å². The number of nitrogens with zero attached hydrogens (tertiary/aromatic N) is 1. The van der Waals surface area contributed by atoms with Crippen LogP contribution in [0.25, 0.3) is 11.1 Å². The topological polar surface area (TPSA) is 128 Å². The molecule has 33 heavy (non-hydrogen) atoms. The van der Waals surface area contributed by atoms with Crippen molar-refractivity contribution in [3.05, 3.63) is 60.2 Å². The Morgan fingerprint density at radius 1 is 0.970 bits per heavy atom. The molecule has 1 aliphatic rings. The average Bonchev–Trinajstić information content (AvgIpc) is 3.12. The highest BCUT2D eigenvalue weighted by Gasteiger charge is 2.37. The van der Waals surface area contributed by atoms with Crippen LogP contribution in [0.2, 0.25) is 0 Å². The van der Waals surface area contributed by atoms with Gasteiger partial charge in [-0.05, 0) is 35.4 Å². The van der Waals surface area contributed by atoms with Crippen molar-refractivity contribution >= 4 is 23.8 Å². The number of rotatable bonds is 9. The van der Waals surface area contributed by atoms with E-state index in [9.17, 15) is 24.4 Å². The van der Waals surface area contributed by atoms with Crippen LogP contribution in [0.1, 0.15) is 25.8 Å². The van der Waals surface area contributed by atoms with Crippen molar-refractivity contribution in [1.82, 2.24) is 21.2 Å². The molecule has 0 saturated carbocycles. The summed E-state index contributed by atoms with van der Waals surface area (Å²) >= 11 is 0. The Bertz CT molecular complexity index is 1010. The molecule has 0 spiro atoms. The molecule has 3 rings (SSSR count). The Labute approximate surface area is 192 Å².